The zero-order chi connectivity index (χ0) is 15.0. The lowest BCUT2D eigenvalue weighted by Crippen LogP contribution is -2.20. The molecule has 2 bridgehead atoms. The number of carboxylic acid groups (broad SMARTS) is 1. The van der Waals surface area contributed by atoms with Crippen LogP contribution in [-0.2, 0) is 4.79 Å². The Balaban J connectivity index is 1.62. The van der Waals surface area contributed by atoms with Crippen LogP contribution in [0.2, 0.25) is 0 Å². The summed E-state index contributed by atoms with van der Waals surface area (Å²) in [4.78, 5) is 23.3. The molecule has 2 saturated carbocycles. The van der Waals surface area contributed by atoms with Gasteiger partial charge in [-0.15, -0.1) is 0 Å². The molecule has 1 amide bonds. The molecule has 2 N–H and O–H groups in total. The van der Waals surface area contributed by atoms with E-state index in [0.717, 1.165) is 11.8 Å². The van der Waals surface area contributed by atoms with E-state index in [1.807, 2.05) is 0 Å². The number of aromatic carboxylic acids is 1. The van der Waals surface area contributed by atoms with Crippen molar-refractivity contribution in [2.45, 2.75) is 39.0 Å². The number of amides is 1. The van der Waals surface area contributed by atoms with E-state index in [-0.39, 0.29) is 11.5 Å². The van der Waals surface area contributed by atoms with Gasteiger partial charge in [-0.2, -0.15) is 0 Å². The lowest BCUT2D eigenvalue weighted by atomic mass is 9.86. The van der Waals surface area contributed by atoms with Crippen molar-refractivity contribution in [2.75, 3.05) is 5.32 Å². The number of benzene rings is 1. The van der Waals surface area contributed by atoms with Crippen LogP contribution in [-0.4, -0.2) is 17.0 Å². The maximum absolute atomic E-state index is 12.2. The lowest BCUT2D eigenvalue weighted by molar-refractivity contribution is -0.117. The average molecular weight is 287 g/mol. The van der Waals surface area contributed by atoms with Gasteiger partial charge in [0.25, 0.3) is 0 Å². The number of hydrogen-bond acceptors (Lipinski definition) is 2. The van der Waals surface area contributed by atoms with Crippen LogP contribution >= 0.6 is 0 Å². The number of carbonyl (C=O) groups excluding carboxylic acids is 1. The fourth-order valence-electron chi connectivity index (χ4n) is 4.01. The van der Waals surface area contributed by atoms with E-state index in [9.17, 15) is 9.59 Å². The van der Waals surface area contributed by atoms with Crippen molar-refractivity contribution >= 4 is 17.6 Å². The normalized spacial score (nSPS) is 26.8. The molecule has 0 aliphatic heterocycles. The Hall–Kier alpha value is -1.84. The van der Waals surface area contributed by atoms with E-state index in [1.165, 1.54) is 31.7 Å². The van der Waals surface area contributed by atoms with Crippen molar-refractivity contribution in [3.05, 3.63) is 29.3 Å². The third-order valence-electron chi connectivity index (χ3n) is 5.08. The highest BCUT2D eigenvalue weighted by Crippen LogP contribution is 2.49. The molecule has 0 aromatic heterocycles. The van der Waals surface area contributed by atoms with Gasteiger partial charge in [-0.1, -0.05) is 12.5 Å². The lowest BCUT2D eigenvalue weighted by Gasteiger charge is -2.21. The fraction of sp³-hybridized carbons (Fsp3) is 0.529. The number of aryl methyl sites for hydroxylation is 1. The van der Waals surface area contributed by atoms with Crippen molar-refractivity contribution in [1.29, 1.82) is 0 Å². The molecular formula is C17H21NO3. The molecule has 4 heteroatoms. The molecule has 0 radical (unpaired) electrons. The first kappa shape index (κ1) is 14.1. The predicted octanol–water partition coefficient (Wildman–Crippen LogP) is 3.46. The maximum Gasteiger partial charge on any atom is 0.336 e. The largest absolute Gasteiger partial charge is 0.478 e. The summed E-state index contributed by atoms with van der Waals surface area (Å²) in [6, 6.07) is 5.04. The molecule has 112 valence electrons. The number of anilines is 1. The summed E-state index contributed by atoms with van der Waals surface area (Å²) in [7, 11) is 0. The van der Waals surface area contributed by atoms with Crippen molar-refractivity contribution in [3.63, 3.8) is 0 Å². The van der Waals surface area contributed by atoms with Crippen LogP contribution in [0.4, 0.5) is 5.69 Å². The van der Waals surface area contributed by atoms with Crippen LogP contribution in [0.5, 0.6) is 0 Å². The van der Waals surface area contributed by atoms with E-state index < -0.39 is 5.97 Å². The smallest absolute Gasteiger partial charge is 0.336 e. The van der Waals surface area contributed by atoms with Gasteiger partial charge in [-0.25, -0.2) is 4.79 Å². The predicted molar refractivity (Wildman–Crippen MR) is 80.3 cm³/mol. The number of nitrogens with one attached hydrogen (secondary N) is 1. The highest BCUT2D eigenvalue weighted by atomic mass is 16.4. The van der Waals surface area contributed by atoms with Gasteiger partial charge < -0.3 is 10.4 Å². The summed E-state index contributed by atoms with van der Waals surface area (Å²) in [5.74, 6) is 1.14. The van der Waals surface area contributed by atoms with Gasteiger partial charge in [0.1, 0.15) is 0 Å². The molecule has 0 spiro atoms. The molecular weight excluding hydrogens is 266 g/mol. The molecule has 3 unspecified atom stereocenters. The van der Waals surface area contributed by atoms with E-state index in [1.54, 1.807) is 19.1 Å². The number of fused-ring (bicyclic) bond motifs is 2. The zero-order valence-electron chi connectivity index (χ0n) is 12.3. The highest BCUT2D eigenvalue weighted by molar-refractivity contribution is 5.94. The number of carboxylic acids is 1. The minimum atomic E-state index is -0.961. The van der Waals surface area contributed by atoms with Gasteiger partial charge in [0, 0.05) is 12.1 Å². The molecule has 21 heavy (non-hydrogen) atoms. The van der Waals surface area contributed by atoms with E-state index >= 15 is 0 Å². The minimum Gasteiger partial charge on any atom is -0.478 e. The van der Waals surface area contributed by atoms with Crippen LogP contribution in [0.3, 0.4) is 0 Å². The standard InChI is InChI=1S/C17H21NO3/c1-10-2-5-14(9-15(10)17(20)21)18-16(19)8-13-7-11-3-4-12(13)6-11/h2,5,9,11-13H,3-4,6-8H2,1H3,(H,18,19)(H,20,21). The fourth-order valence-corrected chi connectivity index (χ4v) is 4.01. The summed E-state index contributed by atoms with van der Waals surface area (Å²) in [5.41, 5.74) is 1.52. The van der Waals surface area contributed by atoms with Gasteiger partial charge in [0.2, 0.25) is 5.91 Å². The van der Waals surface area contributed by atoms with Crippen LogP contribution < -0.4 is 5.32 Å². The highest BCUT2D eigenvalue weighted by Gasteiger charge is 2.40. The van der Waals surface area contributed by atoms with Crippen LogP contribution in [0.1, 0.15) is 48.0 Å². The number of rotatable bonds is 4. The van der Waals surface area contributed by atoms with Gasteiger partial charge in [0.15, 0.2) is 0 Å². The van der Waals surface area contributed by atoms with Gasteiger partial charge in [-0.05, 0) is 61.6 Å². The first-order chi connectivity index (χ1) is 10.0. The Morgan fingerprint density at radius 1 is 1.29 bits per heavy atom. The molecule has 1 aromatic carbocycles. The summed E-state index contributed by atoms with van der Waals surface area (Å²) in [6.45, 7) is 1.75. The topological polar surface area (TPSA) is 66.4 Å². The Labute approximate surface area is 124 Å². The van der Waals surface area contributed by atoms with Gasteiger partial charge in [-0.3, -0.25) is 4.79 Å². The number of carbonyl (C=O) groups is 2. The second-order valence-electron chi connectivity index (χ2n) is 6.52. The summed E-state index contributed by atoms with van der Waals surface area (Å²) in [6.07, 6.45) is 5.66. The molecule has 2 aliphatic carbocycles. The van der Waals surface area contributed by atoms with Crippen molar-refractivity contribution in [1.82, 2.24) is 0 Å². The SMILES string of the molecule is Cc1ccc(NC(=O)CC2CC3CCC2C3)cc1C(=O)O. The Morgan fingerprint density at radius 3 is 2.71 bits per heavy atom. The molecule has 4 nitrogen and oxygen atoms in total. The first-order valence-corrected chi connectivity index (χ1v) is 7.66. The van der Waals surface area contributed by atoms with E-state index in [0.29, 0.717) is 23.6 Å². The molecule has 3 atom stereocenters. The molecule has 2 aliphatic rings. The van der Waals surface area contributed by atoms with Crippen LogP contribution in [0.25, 0.3) is 0 Å². The Kier molecular flexibility index (Phi) is 3.70. The third kappa shape index (κ3) is 2.94. The average Bonchev–Trinajstić information content (AvgIpc) is 3.03. The second-order valence-corrected chi connectivity index (χ2v) is 6.52. The van der Waals surface area contributed by atoms with E-state index in [4.69, 9.17) is 5.11 Å². The van der Waals surface area contributed by atoms with Crippen LogP contribution in [0, 0.1) is 24.7 Å². The van der Waals surface area contributed by atoms with Crippen molar-refractivity contribution in [2.24, 2.45) is 17.8 Å². The quantitative estimate of drug-likeness (QED) is 0.891. The zero-order valence-corrected chi connectivity index (χ0v) is 12.3. The summed E-state index contributed by atoms with van der Waals surface area (Å²) in [5, 5.41) is 12.0. The maximum atomic E-state index is 12.2. The van der Waals surface area contributed by atoms with Gasteiger partial charge in [0.05, 0.1) is 5.56 Å². The Morgan fingerprint density at radius 2 is 2.10 bits per heavy atom. The molecule has 2 fully saturated rings. The van der Waals surface area contributed by atoms with E-state index in [2.05, 4.69) is 5.32 Å². The molecule has 0 saturated heterocycles. The Bertz CT molecular complexity index is 581. The van der Waals surface area contributed by atoms with Crippen LogP contribution in [0.15, 0.2) is 18.2 Å². The third-order valence-corrected chi connectivity index (χ3v) is 5.08. The van der Waals surface area contributed by atoms with Gasteiger partial charge >= 0.3 is 5.97 Å². The van der Waals surface area contributed by atoms with Crippen molar-refractivity contribution in [3.8, 4) is 0 Å². The summed E-state index contributed by atoms with van der Waals surface area (Å²) < 4.78 is 0. The monoisotopic (exact) mass is 287 g/mol. The minimum absolute atomic E-state index is 0.00717. The second kappa shape index (κ2) is 5.51. The first-order valence-electron chi connectivity index (χ1n) is 7.66. The molecule has 1 aromatic rings. The summed E-state index contributed by atoms with van der Waals surface area (Å²) >= 11 is 0. The molecule has 0 heterocycles. The van der Waals surface area contributed by atoms with Crippen molar-refractivity contribution < 1.29 is 14.7 Å². The number of hydrogen-bond donors (Lipinski definition) is 2. The molecule has 3 rings (SSSR count).